The van der Waals surface area contributed by atoms with Gasteiger partial charge in [-0.15, -0.1) is 11.6 Å². The quantitative estimate of drug-likeness (QED) is 0.744. The minimum absolute atomic E-state index is 0.432. The van der Waals surface area contributed by atoms with Crippen molar-refractivity contribution in [2.45, 2.75) is 19.7 Å². The van der Waals surface area contributed by atoms with Gasteiger partial charge < -0.3 is 4.57 Å². The Morgan fingerprint density at radius 2 is 2.06 bits per heavy atom. The molecule has 1 heterocycles. The van der Waals surface area contributed by atoms with E-state index in [0.717, 1.165) is 22.6 Å². The number of halogens is 2. The van der Waals surface area contributed by atoms with Crippen molar-refractivity contribution in [3.63, 3.8) is 0 Å². The van der Waals surface area contributed by atoms with Crippen LogP contribution in [0.4, 0.5) is 0 Å². The van der Waals surface area contributed by atoms with Gasteiger partial charge in [-0.1, -0.05) is 17.7 Å². The SMILES string of the molecule is Cc1ncn(-c2ccc(CCl)c(Cl)c2)c1C. The Hall–Kier alpha value is -0.990. The highest BCUT2D eigenvalue weighted by Gasteiger charge is 2.06. The first-order chi connectivity index (χ1) is 7.63. The maximum atomic E-state index is 6.12. The van der Waals surface area contributed by atoms with E-state index in [1.54, 1.807) is 6.33 Å². The molecule has 2 aromatic rings. The van der Waals surface area contributed by atoms with Crippen molar-refractivity contribution in [2.75, 3.05) is 0 Å². The molecule has 0 atom stereocenters. The monoisotopic (exact) mass is 254 g/mol. The van der Waals surface area contributed by atoms with Crippen LogP contribution in [0.5, 0.6) is 0 Å². The van der Waals surface area contributed by atoms with E-state index in [9.17, 15) is 0 Å². The molecule has 0 aliphatic carbocycles. The lowest BCUT2D eigenvalue weighted by Gasteiger charge is -2.07. The minimum atomic E-state index is 0.432. The van der Waals surface area contributed by atoms with Gasteiger partial charge in [0, 0.05) is 22.3 Å². The van der Waals surface area contributed by atoms with Crippen molar-refractivity contribution in [3.05, 3.63) is 46.5 Å². The summed E-state index contributed by atoms with van der Waals surface area (Å²) in [4.78, 5) is 4.26. The lowest BCUT2D eigenvalue weighted by molar-refractivity contribution is 0.999. The number of alkyl halides is 1. The number of aryl methyl sites for hydroxylation is 1. The number of hydrogen-bond acceptors (Lipinski definition) is 1. The van der Waals surface area contributed by atoms with Crippen molar-refractivity contribution >= 4 is 23.2 Å². The van der Waals surface area contributed by atoms with Gasteiger partial charge in [0.2, 0.25) is 0 Å². The Kier molecular flexibility index (Phi) is 3.22. The zero-order valence-corrected chi connectivity index (χ0v) is 10.7. The molecule has 0 radical (unpaired) electrons. The lowest BCUT2D eigenvalue weighted by Crippen LogP contribution is -1.96. The summed E-state index contributed by atoms with van der Waals surface area (Å²) in [6, 6.07) is 5.85. The van der Waals surface area contributed by atoms with Gasteiger partial charge in [0.05, 0.1) is 12.0 Å². The third-order valence-corrected chi connectivity index (χ3v) is 3.35. The Morgan fingerprint density at radius 3 is 2.56 bits per heavy atom. The summed E-state index contributed by atoms with van der Waals surface area (Å²) in [6.45, 7) is 4.02. The minimum Gasteiger partial charge on any atom is -0.303 e. The van der Waals surface area contributed by atoms with Gasteiger partial charge in [-0.2, -0.15) is 0 Å². The predicted molar refractivity (Wildman–Crippen MR) is 67.6 cm³/mol. The first kappa shape index (κ1) is 11.5. The molecule has 0 aliphatic heterocycles. The van der Waals surface area contributed by atoms with Gasteiger partial charge in [0.1, 0.15) is 0 Å². The maximum absolute atomic E-state index is 6.12. The van der Waals surface area contributed by atoms with E-state index in [1.807, 2.05) is 36.6 Å². The molecule has 2 nitrogen and oxygen atoms in total. The fraction of sp³-hybridized carbons (Fsp3) is 0.250. The van der Waals surface area contributed by atoms with Gasteiger partial charge in [-0.25, -0.2) is 4.98 Å². The molecular weight excluding hydrogens is 243 g/mol. The van der Waals surface area contributed by atoms with Crippen LogP contribution in [-0.2, 0) is 5.88 Å². The first-order valence-electron chi connectivity index (χ1n) is 4.99. The number of hydrogen-bond donors (Lipinski definition) is 0. The molecule has 4 heteroatoms. The molecule has 0 bridgehead atoms. The van der Waals surface area contributed by atoms with E-state index in [2.05, 4.69) is 4.98 Å². The predicted octanol–water partition coefficient (Wildman–Crippen LogP) is 3.88. The summed E-state index contributed by atoms with van der Waals surface area (Å²) >= 11 is 11.9. The second kappa shape index (κ2) is 4.48. The van der Waals surface area contributed by atoms with Gasteiger partial charge in [-0.3, -0.25) is 0 Å². The van der Waals surface area contributed by atoms with Gasteiger partial charge in [0.15, 0.2) is 0 Å². The molecule has 2 rings (SSSR count). The van der Waals surface area contributed by atoms with Crippen molar-refractivity contribution in [1.82, 2.24) is 9.55 Å². The molecule has 16 heavy (non-hydrogen) atoms. The number of aromatic nitrogens is 2. The zero-order valence-electron chi connectivity index (χ0n) is 9.17. The van der Waals surface area contributed by atoms with E-state index >= 15 is 0 Å². The number of benzene rings is 1. The molecule has 0 amide bonds. The summed E-state index contributed by atoms with van der Waals surface area (Å²) in [7, 11) is 0. The van der Waals surface area contributed by atoms with Gasteiger partial charge in [0.25, 0.3) is 0 Å². The molecular formula is C12H12Cl2N2. The van der Waals surface area contributed by atoms with E-state index in [1.165, 1.54) is 0 Å². The highest BCUT2D eigenvalue weighted by atomic mass is 35.5. The summed E-state index contributed by atoms with van der Waals surface area (Å²) in [5, 5.41) is 0.693. The van der Waals surface area contributed by atoms with Crippen LogP contribution in [0.3, 0.4) is 0 Å². The molecule has 0 saturated carbocycles. The van der Waals surface area contributed by atoms with Crippen LogP contribution in [0.1, 0.15) is 17.0 Å². The smallest absolute Gasteiger partial charge is 0.0997 e. The molecule has 0 saturated heterocycles. The highest BCUT2D eigenvalue weighted by Crippen LogP contribution is 2.23. The molecule has 0 spiro atoms. The van der Waals surface area contributed by atoms with Crippen LogP contribution in [-0.4, -0.2) is 9.55 Å². The molecule has 1 aromatic carbocycles. The van der Waals surface area contributed by atoms with Crippen molar-refractivity contribution < 1.29 is 0 Å². The van der Waals surface area contributed by atoms with Crippen LogP contribution in [0, 0.1) is 13.8 Å². The molecule has 0 aliphatic rings. The zero-order chi connectivity index (χ0) is 11.7. The first-order valence-corrected chi connectivity index (χ1v) is 5.90. The average Bonchev–Trinajstić information content (AvgIpc) is 2.60. The standard InChI is InChI=1S/C12H12Cl2N2/c1-8-9(2)16(7-15-8)11-4-3-10(6-13)12(14)5-11/h3-5,7H,6H2,1-2H3. The number of imidazole rings is 1. The third kappa shape index (κ3) is 1.95. The van der Waals surface area contributed by atoms with Crippen LogP contribution >= 0.6 is 23.2 Å². The van der Waals surface area contributed by atoms with E-state index < -0.39 is 0 Å². The molecule has 0 N–H and O–H groups in total. The van der Waals surface area contributed by atoms with E-state index in [-0.39, 0.29) is 0 Å². The second-order valence-corrected chi connectivity index (χ2v) is 4.37. The van der Waals surface area contributed by atoms with Gasteiger partial charge in [-0.05, 0) is 31.5 Å². The van der Waals surface area contributed by atoms with Crippen molar-refractivity contribution in [3.8, 4) is 5.69 Å². The summed E-state index contributed by atoms with van der Waals surface area (Å²) < 4.78 is 2.01. The van der Waals surface area contributed by atoms with Crippen LogP contribution < -0.4 is 0 Å². The normalized spacial score (nSPS) is 10.8. The lowest BCUT2D eigenvalue weighted by atomic mass is 10.2. The number of nitrogens with zero attached hydrogens (tertiary/aromatic N) is 2. The Labute approximate surface area is 105 Å². The van der Waals surface area contributed by atoms with Gasteiger partial charge >= 0.3 is 0 Å². The Balaban J connectivity index is 2.49. The Morgan fingerprint density at radius 1 is 1.31 bits per heavy atom. The van der Waals surface area contributed by atoms with Crippen molar-refractivity contribution in [1.29, 1.82) is 0 Å². The topological polar surface area (TPSA) is 17.8 Å². The Bertz CT molecular complexity index is 518. The maximum Gasteiger partial charge on any atom is 0.0997 e. The molecule has 1 aromatic heterocycles. The van der Waals surface area contributed by atoms with E-state index in [0.29, 0.717) is 10.9 Å². The third-order valence-electron chi connectivity index (χ3n) is 2.71. The van der Waals surface area contributed by atoms with E-state index in [4.69, 9.17) is 23.2 Å². The van der Waals surface area contributed by atoms with Crippen LogP contribution in [0.25, 0.3) is 5.69 Å². The van der Waals surface area contributed by atoms with Crippen molar-refractivity contribution in [2.24, 2.45) is 0 Å². The summed E-state index contributed by atoms with van der Waals surface area (Å²) in [5.41, 5.74) is 4.10. The fourth-order valence-electron chi connectivity index (χ4n) is 1.55. The highest BCUT2D eigenvalue weighted by molar-refractivity contribution is 6.32. The molecule has 0 fully saturated rings. The largest absolute Gasteiger partial charge is 0.303 e. The summed E-state index contributed by atoms with van der Waals surface area (Å²) in [5.74, 6) is 0.432. The van der Waals surface area contributed by atoms with Crippen LogP contribution in [0.15, 0.2) is 24.5 Å². The molecule has 0 unspecified atom stereocenters. The molecule has 84 valence electrons. The second-order valence-electron chi connectivity index (χ2n) is 3.69. The van der Waals surface area contributed by atoms with Crippen LogP contribution in [0.2, 0.25) is 5.02 Å². The number of rotatable bonds is 2. The fourth-order valence-corrected chi connectivity index (χ4v) is 2.10. The summed E-state index contributed by atoms with van der Waals surface area (Å²) in [6.07, 6.45) is 1.80. The average molecular weight is 255 g/mol.